The Morgan fingerprint density at radius 1 is 0.964 bits per heavy atom. The van der Waals surface area contributed by atoms with E-state index in [1.165, 1.54) is 0 Å². The molecule has 0 unspecified atom stereocenters. The minimum atomic E-state index is 0.365. The zero-order valence-electron chi connectivity index (χ0n) is 15.7. The van der Waals surface area contributed by atoms with Crippen molar-refractivity contribution in [1.29, 1.82) is 0 Å². The lowest BCUT2D eigenvalue weighted by Gasteiger charge is -2.11. The van der Waals surface area contributed by atoms with Gasteiger partial charge < -0.3 is 14.0 Å². The maximum absolute atomic E-state index is 6.41. The quantitative estimate of drug-likeness (QED) is 0.461. The summed E-state index contributed by atoms with van der Waals surface area (Å²) in [5.74, 6) is 1.32. The van der Waals surface area contributed by atoms with Gasteiger partial charge in [-0.3, -0.25) is 0 Å². The second-order valence-electron chi connectivity index (χ2n) is 6.55. The molecule has 0 radical (unpaired) electrons. The number of methoxy groups -OCH3 is 1. The number of hydrogen-bond donors (Lipinski definition) is 0. The van der Waals surface area contributed by atoms with E-state index in [0.29, 0.717) is 24.2 Å². The minimum Gasteiger partial charge on any atom is -0.497 e. The molecule has 4 aromatic rings. The Morgan fingerprint density at radius 2 is 1.71 bits per heavy atom. The summed E-state index contributed by atoms with van der Waals surface area (Å²) in [7, 11) is 1.66. The summed E-state index contributed by atoms with van der Waals surface area (Å²) < 4.78 is 13.3. The molecule has 0 aliphatic heterocycles. The van der Waals surface area contributed by atoms with E-state index in [0.717, 1.165) is 33.5 Å². The number of ether oxygens (including phenoxy) is 2. The number of fused-ring (bicyclic) bond motifs is 1. The van der Waals surface area contributed by atoms with Gasteiger partial charge in [0.1, 0.15) is 12.4 Å². The summed E-state index contributed by atoms with van der Waals surface area (Å²) >= 11 is 6.41. The Labute approximate surface area is 168 Å². The first-order chi connectivity index (χ1) is 13.7. The van der Waals surface area contributed by atoms with Crippen LogP contribution in [0.2, 0.25) is 5.15 Å². The van der Waals surface area contributed by atoms with Gasteiger partial charge in [0.2, 0.25) is 5.88 Å². The van der Waals surface area contributed by atoms with Crippen LogP contribution in [0, 0.1) is 6.92 Å². The average Bonchev–Trinajstić information content (AvgIpc) is 3.06. The first-order valence-electron chi connectivity index (χ1n) is 8.97. The fourth-order valence-corrected chi connectivity index (χ4v) is 3.44. The third-order valence-electron chi connectivity index (χ3n) is 4.68. The summed E-state index contributed by atoms with van der Waals surface area (Å²) in [5.41, 5.74) is 4.10. The first kappa shape index (κ1) is 18.3. The smallest absolute Gasteiger partial charge is 0.243 e. The van der Waals surface area contributed by atoms with Gasteiger partial charge in [0.05, 0.1) is 18.0 Å². The largest absolute Gasteiger partial charge is 0.497 e. The maximum Gasteiger partial charge on any atom is 0.243 e. The number of benzene rings is 2. The second-order valence-corrected chi connectivity index (χ2v) is 6.91. The van der Waals surface area contributed by atoms with Crippen molar-refractivity contribution in [3.05, 3.63) is 82.6 Å². The van der Waals surface area contributed by atoms with E-state index < -0.39 is 0 Å². The highest BCUT2D eigenvalue weighted by Gasteiger charge is 2.17. The Kier molecular flexibility index (Phi) is 5.17. The van der Waals surface area contributed by atoms with Gasteiger partial charge in [-0.05, 0) is 36.2 Å². The number of aryl methyl sites for hydroxylation is 1. The third kappa shape index (κ3) is 3.66. The average molecular weight is 394 g/mol. The van der Waals surface area contributed by atoms with E-state index in [4.69, 9.17) is 21.1 Å². The molecule has 0 aliphatic carbocycles. The molecule has 0 N–H and O–H groups in total. The molecule has 5 nitrogen and oxygen atoms in total. The molecule has 6 heteroatoms. The molecule has 0 amide bonds. The molecule has 2 aromatic carbocycles. The lowest BCUT2D eigenvalue weighted by Crippen LogP contribution is -2.04. The minimum absolute atomic E-state index is 0.365. The zero-order valence-corrected chi connectivity index (χ0v) is 16.5. The van der Waals surface area contributed by atoms with Gasteiger partial charge >= 0.3 is 0 Å². The van der Waals surface area contributed by atoms with Gasteiger partial charge in [-0.25, -0.2) is 0 Å². The third-order valence-corrected chi connectivity index (χ3v) is 4.93. The molecule has 0 fully saturated rings. The molecule has 0 atom stereocenters. The summed E-state index contributed by atoms with van der Waals surface area (Å²) in [4.78, 5) is 0. The Bertz CT molecular complexity index is 1090. The van der Waals surface area contributed by atoms with E-state index in [9.17, 15) is 0 Å². The molecule has 28 heavy (non-hydrogen) atoms. The molecule has 0 aliphatic rings. The molecule has 0 bridgehead atoms. The van der Waals surface area contributed by atoms with Crippen LogP contribution >= 0.6 is 11.6 Å². The maximum atomic E-state index is 6.41. The van der Waals surface area contributed by atoms with E-state index >= 15 is 0 Å². The van der Waals surface area contributed by atoms with Crippen molar-refractivity contribution in [2.45, 2.75) is 20.1 Å². The van der Waals surface area contributed by atoms with Crippen molar-refractivity contribution in [2.24, 2.45) is 0 Å². The van der Waals surface area contributed by atoms with Crippen LogP contribution in [-0.2, 0) is 13.2 Å². The van der Waals surface area contributed by atoms with Gasteiger partial charge in [0, 0.05) is 12.2 Å². The van der Waals surface area contributed by atoms with Crippen molar-refractivity contribution in [3.63, 3.8) is 0 Å². The lowest BCUT2D eigenvalue weighted by atomic mass is 10.2. The van der Waals surface area contributed by atoms with Crippen LogP contribution in [0.1, 0.15) is 16.8 Å². The van der Waals surface area contributed by atoms with Gasteiger partial charge in [-0.1, -0.05) is 54.1 Å². The molecular formula is C22H20ClN3O2. The van der Waals surface area contributed by atoms with Crippen LogP contribution in [0.25, 0.3) is 10.9 Å². The highest BCUT2D eigenvalue weighted by atomic mass is 35.5. The van der Waals surface area contributed by atoms with Crippen LogP contribution in [0.15, 0.2) is 60.7 Å². The summed E-state index contributed by atoms with van der Waals surface area (Å²) in [5, 5.41) is 9.51. The molecule has 0 saturated heterocycles. The predicted molar refractivity (Wildman–Crippen MR) is 110 cm³/mol. The summed E-state index contributed by atoms with van der Waals surface area (Å²) in [6.45, 7) is 3.14. The van der Waals surface area contributed by atoms with Crippen molar-refractivity contribution in [3.8, 4) is 11.6 Å². The standard InChI is InChI=1S/C22H20ClN3O2/c1-15-12-19-20(26(15)13-16-8-10-18(27-2)11-9-16)21(23)24-25-22(19)28-14-17-6-4-3-5-7-17/h3-12H,13-14H2,1-2H3. The van der Waals surface area contributed by atoms with Gasteiger partial charge in [0.25, 0.3) is 0 Å². The lowest BCUT2D eigenvalue weighted by molar-refractivity contribution is 0.294. The van der Waals surface area contributed by atoms with Gasteiger partial charge in [-0.2, -0.15) is 0 Å². The SMILES string of the molecule is COc1ccc(Cn2c(C)cc3c(OCc4ccccc4)nnc(Cl)c32)cc1. The monoisotopic (exact) mass is 393 g/mol. The topological polar surface area (TPSA) is 49.2 Å². The fraction of sp³-hybridized carbons (Fsp3) is 0.182. The van der Waals surface area contributed by atoms with E-state index in [1.54, 1.807) is 7.11 Å². The number of halogens is 1. The first-order valence-corrected chi connectivity index (χ1v) is 9.35. The molecule has 0 saturated carbocycles. The molecule has 0 spiro atoms. The van der Waals surface area contributed by atoms with Gasteiger partial charge in [-0.15, -0.1) is 10.2 Å². The highest BCUT2D eigenvalue weighted by molar-refractivity contribution is 6.34. The Morgan fingerprint density at radius 3 is 2.43 bits per heavy atom. The van der Waals surface area contributed by atoms with Gasteiger partial charge in [0.15, 0.2) is 5.15 Å². The van der Waals surface area contributed by atoms with Crippen LogP contribution < -0.4 is 9.47 Å². The fourth-order valence-electron chi connectivity index (χ4n) is 3.20. The number of aromatic nitrogens is 3. The molecular weight excluding hydrogens is 374 g/mol. The van der Waals surface area contributed by atoms with Crippen molar-refractivity contribution >= 4 is 22.5 Å². The highest BCUT2D eigenvalue weighted by Crippen LogP contribution is 2.32. The molecule has 142 valence electrons. The van der Waals surface area contributed by atoms with Crippen LogP contribution in [0.3, 0.4) is 0 Å². The van der Waals surface area contributed by atoms with E-state index in [-0.39, 0.29) is 0 Å². The summed E-state index contributed by atoms with van der Waals surface area (Å²) in [6, 6.07) is 20.0. The Balaban J connectivity index is 1.67. The Hall–Kier alpha value is -3.05. The van der Waals surface area contributed by atoms with Crippen molar-refractivity contribution < 1.29 is 9.47 Å². The van der Waals surface area contributed by atoms with E-state index in [2.05, 4.69) is 14.8 Å². The van der Waals surface area contributed by atoms with Crippen molar-refractivity contribution in [2.75, 3.05) is 7.11 Å². The normalized spacial score (nSPS) is 11.0. The number of rotatable bonds is 6. The zero-order chi connectivity index (χ0) is 19.5. The number of hydrogen-bond acceptors (Lipinski definition) is 4. The summed E-state index contributed by atoms with van der Waals surface area (Å²) in [6.07, 6.45) is 0. The molecule has 2 heterocycles. The van der Waals surface area contributed by atoms with Crippen LogP contribution in [0.5, 0.6) is 11.6 Å². The molecule has 2 aromatic heterocycles. The van der Waals surface area contributed by atoms with Crippen LogP contribution in [-0.4, -0.2) is 21.9 Å². The van der Waals surface area contributed by atoms with Crippen LogP contribution in [0.4, 0.5) is 0 Å². The van der Waals surface area contributed by atoms with Crippen molar-refractivity contribution in [1.82, 2.24) is 14.8 Å². The molecule has 4 rings (SSSR count). The van der Waals surface area contributed by atoms with E-state index in [1.807, 2.05) is 67.6 Å². The predicted octanol–water partition coefficient (Wildman–Crippen LogP) is 5.03. The second kappa shape index (κ2) is 7.90. The number of nitrogens with zero attached hydrogens (tertiary/aromatic N) is 3.